The molecule has 1 aromatic heterocycles. The topological polar surface area (TPSA) is 63.9 Å². The van der Waals surface area contributed by atoms with Crippen LogP contribution < -0.4 is 10.5 Å². The first-order valence-electron chi connectivity index (χ1n) is 5.72. The summed E-state index contributed by atoms with van der Waals surface area (Å²) in [5.74, 6) is 0.925. The summed E-state index contributed by atoms with van der Waals surface area (Å²) in [6.07, 6.45) is 1.80. The average molecular weight is 231 g/mol. The van der Waals surface area contributed by atoms with Crippen LogP contribution in [0.25, 0.3) is 11.1 Å². The molecule has 4 heteroatoms. The van der Waals surface area contributed by atoms with E-state index in [4.69, 9.17) is 10.5 Å². The van der Waals surface area contributed by atoms with Crippen molar-refractivity contribution in [1.82, 2.24) is 10.2 Å². The van der Waals surface area contributed by atoms with Crippen molar-refractivity contribution in [3.63, 3.8) is 0 Å². The summed E-state index contributed by atoms with van der Waals surface area (Å²) in [4.78, 5) is 0. The van der Waals surface area contributed by atoms with Crippen LogP contribution in [0.4, 0.5) is 0 Å². The molecule has 3 N–H and O–H groups in total. The van der Waals surface area contributed by atoms with Crippen molar-refractivity contribution in [3.05, 3.63) is 35.7 Å². The Hall–Kier alpha value is -1.81. The lowest BCUT2D eigenvalue weighted by atomic mass is 10.0. The second-order valence-electron chi connectivity index (χ2n) is 3.88. The third kappa shape index (κ3) is 2.31. The van der Waals surface area contributed by atoms with Crippen molar-refractivity contribution >= 4 is 0 Å². The quantitative estimate of drug-likeness (QED) is 0.848. The van der Waals surface area contributed by atoms with Crippen molar-refractivity contribution in [1.29, 1.82) is 0 Å². The number of H-pyrrole nitrogens is 1. The number of aromatic nitrogens is 2. The SMILES string of the molecule is CCOc1ccc(-c2cn[nH]c2CN)cc1C. The minimum absolute atomic E-state index is 0.460. The average Bonchev–Trinajstić information content (AvgIpc) is 2.80. The Kier molecular flexibility index (Phi) is 3.44. The van der Waals surface area contributed by atoms with Crippen molar-refractivity contribution in [3.8, 4) is 16.9 Å². The van der Waals surface area contributed by atoms with Crippen molar-refractivity contribution < 1.29 is 4.74 Å². The lowest BCUT2D eigenvalue weighted by Gasteiger charge is -2.09. The number of nitrogens with zero attached hydrogens (tertiary/aromatic N) is 1. The molecule has 0 bridgehead atoms. The van der Waals surface area contributed by atoms with Gasteiger partial charge >= 0.3 is 0 Å². The molecule has 0 saturated heterocycles. The van der Waals surface area contributed by atoms with Crippen LogP contribution in [0.1, 0.15) is 18.2 Å². The van der Waals surface area contributed by atoms with Crippen molar-refractivity contribution in [2.24, 2.45) is 5.73 Å². The number of nitrogens with two attached hydrogens (primary N) is 1. The molecular formula is C13H17N3O. The molecule has 17 heavy (non-hydrogen) atoms. The molecule has 0 unspecified atom stereocenters. The van der Waals surface area contributed by atoms with Gasteiger partial charge in [0.2, 0.25) is 0 Å². The van der Waals surface area contributed by atoms with Gasteiger partial charge in [-0.3, -0.25) is 5.10 Å². The summed E-state index contributed by atoms with van der Waals surface area (Å²) in [7, 11) is 0. The number of aromatic amines is 1. The Morgan fingerprint density at radius 3 is 2.88 bits per heavy atom. The zero-order valence-corrected chi connectivity index (χ0v) is 10.2. The van der Waals surface area contributed by atoms with Crippen LogP contribution in [0.5, 0.6) is 5.75 Å². The fourth-order valence-electron chi connectivity index (χ4n) is 1.85. The first-order valence-corrected chi connectivity index (χ1v) is 5.72. The molecule has 0 spiro atoms. The molecule has 0 aliphatic carbocycles. The van der Waals surface area contributed by atoms with Crippen LogP contribution in [0.2, 0.25) is 0 Å². The smallest absolute Gasteiger partial charge is 0.122 e. The minimum Gasteiger partial charge on any atom is -0.494 e. The fourth-order valence-corrected chi connectivity index (χ4v) is 1.85. The van der Waals surface area contributed by atoms with E-state index in [9.17, 15) is 0 Å². The third-order valence-electron chi connectivity index (χ3n) is 2.71. The highest BCUT2D eigenvalue weighted by atomic mass is 16.5. The van der Waals surface area contributed by atoms with Gasteiger partial charge in [0.05, 0.1) is 18.5 Å². The molecule has 0 aliphatic rings. The van der Waals surface area contributed by atoms with E-state index in [-0.39, 0.29) is 0 Å². The number of nitrogens with one attached hydrogen (secondary N) is 1. The molecule has 0 fully saturated rings. The number of benzene rings is 1. The maximum Gasteiger partial charge on any atom is 0.122 e. The van der Waals surface area contributed by atoms with Gasteiger partial charge in [-0.05, 0) is 37.1 Å². The van der Waals surface area contributed by atoms with E-state index in [2.05, 4.69) is 16.3 Å². The van der Waals surface area contributed by atoms with Gasteiger partial charge in [0, 0.05) is 12.1 Å². The van der Waals surface area contributed by atoms with E-state index in [0.29, 0.717) is 13.2 Å². The lowest BCUT2D eigenvalue weighted by molar-refractivity contribution is 0.338. The van der Waals surface area contributed by atoms with E-state index < -0.39 is 0 Å². The third-order valence-corrected chi connectivity index (χ3v) is 2.71. The number of ether oxygens (including phenoxy) is 1. The van der Waals surface area contributed by atoms with Gasteiger partial charge in [0.25, 0.3) is 0 Å². The summed E-state index contributed by atoms with van der Waals surface area (Å²) in [5.41, 5.74) is 9.89. The zero-order chi connectivity index (χ0) is 12.3. The molecule has 0 amide bonds. The van der Waals surface area contributed by atoms with E-state index in [1.165, 1.54) is 0 Å². The molecule has 2 rings (SSSR count). The zero-order valence-electron chi connectivity index (χ0n) is 10.2. The van der Waals surface area contributed by atoms with Crippen LogP contribution in [0.3, 0.4) is 0 Å². The summed E-state index contributed by atoms with van der Waals surface area (Å²) in [6, 6.07) is 6.11. The molecule has 2 aromatic rings. The van der Waals surface area contributed by atoms with E-state index in [1.807, 2.05) is 26.0 Å². The molecule has 0 radical (unpaired) electrons. The van der Waals surface area contributed by atoms with Gasteiger partial charge in [0.15, 0.2) is 0 Å². The monoisotopic (exact) mass is 231 g/mol. The predicted octanol–water partition coefficient (Wildman–Crippen LogP) is 2.24. The Morgan fingerprint density at radius 1 is 1.41 bits per heavy atom. The van der Waals surface area contributed by atoms with Crippen molar-refractivity contribution in [2.75, 3.05) is 6.61 Å². The molecule has 1 heterocycles. The molecular weight excluding hydrogens is 214 g/mol. The standard InChI is InChI=1S/C13H17N3O/c1-3-17-13-5-4-10(6-9(13)2)11-8-15-16-12(11)7-14/h4-6,8H,3,7,14H2,1-2H3,(H,15,16). The second kappa shape index (κ2) is 5.01. The highest BCUT2D eigenvalue weighted by Gasteiger charge is 2.08. The van der Waals surface area contributed by atoms with E-state index >= 15 is 0 Å². The predicted molar refractivity (Wildman–Crippen MR) is 67.8 cm³/mol. The number of hydrogen-bond donors (Lipinski definition) is 2. The Bertz CT molecular complexity index is 505. The molecule has 1 aromatic carbocycles. The summed E-state index contributed by atoms with van der Waals surface area (Å²) < 4.78 is 5.52. The van der Waals surface area contributed by atoms with Gasteiger partial charge in [0.1, 0.15) is 5.75 Å². The Labute approximate surface area is 101 Å². The van der Waals surface area contributed by atoms with Gasteiger partial charge in [-0.2, -0.15) is 5.10 Å². The Morgan fingerprint density at radius 2 is 2.24 bits per heavy atom. The fraction of sp³-hybridized carbons (Fsp3) is 0.308. The largest absolute Gasteiger partial charge is 0.494 e. The lowest BCUT2D eigenvalue weighted by Crippen LogP contribution is -1.99. The summed E-state index contributed by atoms with van der Waals surface area (Å²) >= 11 is 0. The van der Waals surface area contributed by atoms with E-state index in [0.717, 1.165) is 28.1 Å². The van der Waals surface area contributed by atoms with Crippen LogP contribution in [0.15, 0.2) is 24.4 Å². The number of aryl methyl sites for hydroxylation is 1. The number of rotatable bonds is 4. The first kappa shape index (κ1) is 11.7. The van der Waals surface area contributed by atoms with Crippen LogP contribution in [-0.2, 0) is 6.54 Å². The molecule has 0 atom stereocenters. The second-order valence-corrected chi connectivity index (χ2v) is 3.88. The highest BCUT2D eigenvalue weighted by molar-refractivity contribution is 5.67. The van der Waals surface area contributed by atoms with Gasteiger partial charge < -0.3 is 10.5 Å². The molecule has 90 valence electrons. The van der Waals surface area contributed by atoms with Gasteiger partial charge in [-0.15, -0.1) is 0 Å². The van der Waals surface area contributed by atoms with Gasteiger partial charge in [-0.1, -0.05) is 6.07 Å². The van der Waals surface area contributed by atoms with Gasteiger partial charge in [-0.25, -0.2) is 0 Å². The van der Waals surface area contributed by atoms with Crippen LogP contribution in [0, 0.1) is 6.92 Å². The van der Waals surface area contributed by atoms with Crippen LogP contribution in [-0.4, -0.2) is 16.8 Å². The summed E-state index contributed by atoms with van der Waals surface area (Å²) in [5, 5.41) is 6.93. The van der Waals surface area contributed by atoms with E-state index in [1.54, 1.807) is 6.20 Å². The minimum atomic E-state index is 0.460. The van der Waals surface area contributed by atoms with Crippen molar-refractivity contribution in [2.45, 2.75) is 20.4 Å². The molecule has 0 aliphatic heterocycles. The summed E-state index contributed by atoms with van der Waals surface area (Å²) in [6.45, 7) is 5.16. The maximum atomic E-state index is 5.65. The Balaban J connectivity index is 2.37. The first-order chi connectivity index (χ1) is 8.26. The molecule has 4 nitrogen and oxygen atoms in total. The maximum absolute atomic E-state index is 5.65. The highest BCUT2D eigenvalue weighted by Crippen LogP contribution is 2.27. The number of hydrogen-bond acceptors (Lipinski definition) is 3. The van der Waals surface area contributed by atoms with Crippen LogP contribution >= 0.6 is 0 Å². The molecule has 0 saturated carbocycles. The normalized spacial score (nSPS) is 10.5.